The van der Waals surface area contributed by atoms with Crippen LogP contribution in [0.2, 0.25) is 0 Å². The molecule has 2 unspecified atom stereocenters. The highest BCUT2D eigenvalue weighted by molar-refractivity contribution is 5.39. The van der Waals surface area contributed by atoms with Gasteiger partial charge in [-0.3, -0.25) is 0 Å². The van der Waals surface area contributed by atoms with E-state index in [-0.39, 0.29) is 6.10 Å². The third-order valence-electron chi connectivity index (χ3n) is 2.94. The fraction of sp³-hybridized carbons (Fsp3) is 0.571. The summed E-state index contributed by atoms with van der Waals surface area (Å²) in [4.78, 5) is 0. The molecule has 1 aromatic rings. The number of rotatable bonds is 5. The predicted molar refractivity (Wildman–Crippen MR) is 69.1 cm³/mol. The lowest BCUT2D eigenvalue weighted by Crippen LogP contribution is -2.38. The van der Waals surface area contributed by atoms with Gasteiger partial charge in [-0.15, -0.1) is 0 Å². The van der Waals surface area contributed by atoms with Crippen LogP contribution in [0.5, 0.6) is 5.75 Å². The molecule has 0 aliphatic carbocycles. The molecule has 0 saturated carbocycles. The maximum atomic E-state index is 6.03. The molecule has 0 bridgehead atoms. The Bertz CT molecular complexity index is 315. The molecule has 0 fully saturated rings. The van der Waals surface area contributed by atoms with E-state index >= 15 is 0 Å². The highest BCUT2D eigenvalue weighted by atomic mass is 16.5. The molecule has 0 radical (unpaired) electrons. The van der Waals surface area contributed by atoms with Crippen molar-refractivity contribution in [1.82, 2.24) is 5.32 Å². The van der Waals surface area contributed by atoms with E-state index in [1.807, 2.05) is 0 Å². The van der Waals surface area contributed by atoms with Crippen LogP contribution < -0.4 is 10.1 Å². The molecule has 1 rings (SSSR count). The van der Waals surface area contributed by atoms with Gasteiger partial charge >= 0.3 is 0 Å². The maximum Gasteiger partial charge on any atom is 0.125 e. The van der Waals surface area contributed by atoms with Crippen molar-refractivity contribution < 1.29 is 4.74 Å². The molecule has 0 saturated heterocycles. The zero-order valence-electron chi connectivity index (χ0n) is 11.0. The van der Waals surface area contributed by atoms with Crippen molar-refractivity contribution in [2.75, 3.05) is 6.54 Å². The quantitative estimate of drug-likeness (QED) is 0.825. The SMILES string of the molecule is CCNC(C)C(C)Oc1c(C)cccc1C. The van der Waals surface area contributed by atoms with Gasteiger partial charge in [-0.2, -0.15) is 0 Å². The number of para-hydroxylation sites is 1. The number of ether oxygens (including phenoxy) is 1. The van der Waals surface area contributed by atoms with Crippen LogP contribution in [-0.2, 0) is 0 Å². The molecule has 90 valence electrons. The van der Waals surface area contributed by atoms with Crippen molar-refractivity contribution in [1.29, 1.82) is 0 Å². The van der Waals surface area contributed by atoms with Gasteiger partial charge in [0.25, 0.3) is 0 Å². The lowest BCUT2D eigenvalue weighted by molar-refractivity contribution is 0.177. The van der Waals surface area contributed by atoms with E-state index in [1.165, 1.54) is 11.1 Å². The minimum atomic E-state index is 0.180. The molecule has 16 heavy (non-hydrogen) atoms. The lowest BCUT2D eigenvalue weighted by atomic mass is 10.1. The third kappa shape index (κ3) is 3.24. The molecule has 1 N–H and O–H groups in total. The summed E-state index contributed by atoms with van der Waals surface area (Å²) in [7, 11) is 0. The first-order chi connectivity index (χ1) is 7.56. The van der Waals surface area contributed by atoms with E-state index in [1.54, 1.807) is 0 Å². The average Bonchev–Trinajstić information content (AvgIpc) is 2.23. The predicted octanol–water partition coefficient (Wildman–Crippen LogP) is 3.07. The van der Waals surface area contributed by atoms with Gasteiger partial charge < -0.3 is 10.1 Å². The summed E-state index contributed by atoms with van der Waals surface area (Å²) in [6.45, 7) is 11.5. The first-order valence-corrected chi connectivity index (χ1v) is 6.02. The van der Waals surface area contributed by atoms with Gasteiger partial charge in [0.05, 0.1) is 0 Å². The van der Waals surface area contributed by atoms with Crippen LogP contribution in [0.1, 0.15) is 31.9 Å². The highest BCUT2D eigenvalue weighted by Gasteiger charge is 2.14. The van der Waals surface area contributed by atoms with Gasteiger partial charge in [0.2, 0.25) is 0 Å². The fourth-order valence-corrected chi connectivity index (χ4v) is 1.76. The van der Waals surface area contributed by atoms with Gasteiger partial charge in [-0.25, -0.2) is 0 Å². The Morgan fingerprint density at radius 1 is 1.19 bits per heavy atom. The van der Waals surface area contributed by atoms with Crippen LogP contribution in [-0.4, -0.2) is 18.7 Å². The summed E-state index contributed by atoms with van der Waals surface area (Å²) < 4.78 is 6.03. The van der Waals surface area contributed by atoms with Gasteiger partial charge in [0.15, 0.2) is 0 Å². The molecular formula is C14H23NO. The summed E-state index contributed by atoms with van der Waals surface area (Å²) >= 11 is 0. The topological polar surface area (TPSA) is 21.3 Å². The average molecular weight is 221 g/mol. The van der Waals surface area contributed by atoms with Crippen molar-refractivity contribution in [3.05, 3.63) is 29.3 Å². The van der Waals surface area contributed by atoms with Gasteiger partial charge in [-0.1, -0.05) is 25.1 Å². The summed E-state index contributed by atoms with van der Waals surface area (Å²) in [6, 6.07) is 6.61. The monoisotopic (exact) mass is 221 g/mol. The molecule has 2 heteroatoms. The van der Waals surface area contributed by atoms with Gasteiger partial charge in [-0.05, 0) is 45.4 Å². The van der Waals surface area contributed by atoms with E-state index < -0.39 is 0 Å². The molecule has 0 spiro atoms. The van der Waals surface area contributed by atoms with Crippen molar-refractivity contribution in [3.8, 4) is 5.75 Å². The van der Waals surface area contributed by atoms with Gasteiger partial charge in [0, 0.05) is 6.04 Å². The van der Waals surface area contributed by atoms with E-state index in [4.69, 9.17) is 4.74 Å². The zero-order chi connectivity index (χ0) is 12.1. The highest BCUT2D eigenvalue weighted by Crippen LogP contribution is 2.24. The number of hydrogen-bond acceptors (Lipinski definition) is 2. The summed E-state index contributed by atoms with van der Waals surface area (Å²) in [6.07, 6.45) is 0.180. The van der Waals surface area contributed by atoms with Crippen molar-refractivity contribution in [2.45, 2.75) is 46.8 Å². The molecular weight excluding hydrogens is 198 g/mol. The Morgan fingerprint density at radius 3 is 2.25 bits per heavy atom. The minimum absolute atomic E-state index is 0.180. The molecule has 0 amide bonds. The fourth-order valence-electron chi connectivity index (χ4n) is 1.76. The normalized spacial score (nSPS) is 14.6. The number of benzene rings is 1. The van der Waals surface area contributed by atoms with Crippen LogP contribution in [0.15, 0.2) is 18.2 Å². The zero-order valence-corrected chi connectivity index (χ0v) is 11.0. The first kappa shape index (κ1) is 13.0. The number of likely N-dealkylation sites (N-methyl/N-ethyl adjacent to an activating group) is 1. The summed E-state index contributed by atoms with van der Waals surface area (Å²) in [5, 5.41) is 3.38. The van der Waals surface area contributed by atoms with Gasteiger partial charge in [0.1, 0.15) is 11.9 Å². The molecule has 0 aromatic heterocycles. The van der Waals surface area contributed by atoms with Crippen LogP contribution in [0.25, 0.3) is 0 Å². The second kappa shape index (κ2) is 5.90. The first-order valence-electron chi connectivity index (χ1n) is 6.02. The van der Waals surface area contributed by atoms with E-state index in [0.717, 1.165) is 12.3 Å². The molecule has 1 aromatic carbocycles. The number of hydrogen-bond donors (Lipinski definition) is 1. The molecule has 0 aliphatic heterocycles. The second-order valence-electron chi connectivity index (χ2n) is 4.39. The second-order valence-corrected chi connectivity index (χ2v) is 4.39. The van der Waals surface area contributed by atoms with Crippen LogP contribution in [0, 0.1) is 13.8 Å². The Kier molecular flexibility index (Phi) is 4.81. The van der Waals surface area contributed by atoms with Crippen LogP contribution in [0.4, 0.5) is 0 Å². The van der Waals surface area contributed by atoms with E-state index in [2.05, 4.69) is 58.1 Å². The van der Waals surface area contributed by atoms with Crippen molar-refractivity contribution in [2.24, 2.45) is 0 Å². The third-order valence-corrected chi connectivity index (χ3v) is 2.94. The Morgan fingerprint density at radius 2 is 1.75 bits per heavy atom. The molecule has 2 atom stereocenters. The maximum absolute atomic E-state index is 6.03. The van der Waals surface area contributed by atoms with Crippen LogP contribution >= 0.6 is 0 Å². The Balaban J connectivity index is 2.72. The largest absolute Gasteiger partial charge is 0.489 e. The summed E-state index contributed by atoms with van der Waals surface area (Å²) in [5.74, 6) is 1.03. The van der Waals surface area contributed by atoms with E-state index in [0.29, 0.717) is 6.04 Å². The Labute approximate surface area is 99.0 Å². The number of aryl methyl sites for hydroxylation is 2. The standard InChI is InChI=1S/C14H23NO/c1-6-15-12(4)13(5)16-14-10(2)8-7-9-11(14)3/h7-9,12-13,15H,6H2,1-5H3. The minimum Gasteiger partial charge on any atom is -0.489 e. The van der Waals surface area contributed by atoms with Crippen LogP contribution in [0.3, 0.4) is 0 Å². The van der Waals surface area contributed by atoms with Crippen molar-refractivity contribution in [3.63, 3.8) is 0 Å². The van der Waals surface area contributed by atoms with Crippen molar-refractivity contribution >= 4 is 0 Å². The van der Waals surface area contributed by atoms with E-state index in [9.17, 15) is 0 Å². The number of nitrogens with one attached hydrogen (secondary N) is 1. The smallest absolute Gasteiger partial charge is 0.125 e. The summed E-state index contributed by atoms with van der Waals surface area (Å²) in [5.41, 5.74) is 2.41. The Hall–Kier alpha value is -1.02. The lowest BCUT2D eigenvalue weighted by Gasteiger charge is -2.24. The molecule has 0 heterocycles. The molecule has 2 nitrogen and oxygen atoms in total. The molecule has 0 aliphatic rings.